The highest BCUT2D eigenvalue weighted by molar-refractivity contribution is 5.94. The highest BCUT2D eigenvalue weighted by atomic mass is 19.1. The molecule has 0 bridgehead atoms. The van der Waals surface area contributed by atoms with E-state index in [2.05, 4.69) is 10.1 Å². The lowest BCUT2D eigenvalue weighted by Crippen LogP contribution is -2.28. The molecule has 0 unspecified atom stereocenters. The SMILES string of the molecule is O=C(O)COCCNC(=O)c1ccc(O)cc1F. The van der Waals surface area contributed by atoms with Crippen LogP contribution in [0.1, 0.15) is 10.4 Å². The van der Waals surface area contributed by atoms with E-state index in [-0.39, 0.29) is 24.5 Å². The molecule has 0 aliphatic rings. The number of nitrogens with one attached hydrogen (secondary N) is 1. The van der Waals surface area contributed by atoms with E-state index in [4.69, 9.17) is 10.2 Å². The Bertz CT molecular complexity index is 449. The lowest BCUT2D eigenvalue weighted by atomic mass is 10.2. The first kappa shape index (κ1) is 13.9. The molecular weight excluding hydrogens is 245 g/mol. The van der Waals surface area contributed by atoms with E-state index in [0.29, 0.717) is 0 Å². The summed E-state index contributed by atoms with van der Waals surface area (Å²) in [6.45, 7) is -0.381. The number of amides is 1. The zero-order chi connectivity index (χ0) is 13.5. The predicted octanol–water partition coefficient (Wildman–Crippen LogP) is 0.362. The average molecular weight is 257 g/mol. The van der Waals surface area contributed by atoms with Crippen LogP contribution in [-0.4, -0.2) is 41.8 Å². The normalized spacial score (nSPS) is 10.1. The molecule has 0 saturated carbocycles. The van der Waals surface area contributed by atoms with Crippen LogP contribution in [-0.2, 0) is 9.53 Å². The zero-order valence-corrected chi connectivity index (χ0v) is 9.35. The fourth-order valence-corrected chi connectivity index (χ4v) is 1.18. The smallest absolute Gasteiger partial charge is 0.329 e. The molecule has 3 N–H and O–H groups in total. The van der Waals surface area contributed by atoms with Gasteiger partial charge in [-0.3, -0.25) is 4.79 Å². The Balaban J connectivity index is 2.39. The lowest BCUT2D eigenvalue weighted by Gasteiger charge is -2.06. The number of rotatable bonds is 6. The number of carboxylic acid groups (broad SMARTS) is 1. The van der Waals surface area contributed by atoms with E-state index in [1.807, 2.05) is 0 Å². The summed E-state index contributed by atoms with van der Waals surface area (Å²) in [6, 6.07) is 3.17. The van der Waals surface area contributed by atoms with Gasteiger partial charge in [0.05, 0.1) is 12.2 Å². The van der Waals surface area contributed by atoms with Gasteiger partial charge in [0.2, 0.25) is 0 Å². The molecule has 7 heteroatoms. The number of benzene rings is 1. The van der Waals surface area contributed by atoms with Crippen LogP contribution in [0.15, 0.2) is 18.2 Å². The summed E-state index contributed by atoms with van der Waals surface area (Å²) in [5.41, 5.74) is -0.203. The lowest BCUT2D eigenvalue weighted by molar-refractivity contribution is -0.142. The molecule has 0 spiro atoms. The Morgan fingerprint density at radius 1 is 1.39 bits per heavy atom. The van der Waals surface area contributed by atoms with Gasteiger partial charge < -0.3 is 20.3 Å². The van der Waals surface area contributed by atoms with E-state index in [9.17, 15) is 14.0 Å². The quantitative estimate of drug-likeness (QED) is 0.639. The molecule has 0 aliphatic carbocycles. The second kappa shape index (κ2) is 6.55. The van der Waals surface area contributed by atoms with Crippen molar-refractivity contribution in [3.8, 4) is 5.75 Å². The predicted molar refractivity (Wildman–Crippen MR) is 58.9 cm³/mol. The first-order valence-corrected chi connectivity index (χ1v) is 5.07. The maximum atomic E-state index is 13.3. The van der Waals surface area contributed by atoms with Crippen LogP contribution in [0.2, 0.25) is 0 Å². The number of hydrogen-bond donors (Lipinski definition) is 3. The average Bonchev–Trinajstić information content (AvgIpc) is 2.27. The fourth-order valence-electron chi connectivity index (χ4n) is 1.18. The third kappa shape index (κ3) is 4.38. The highest BCUT2D eigenvalue weighted by Gasteiger charge is 2.11. The van der Waals surface area contributed by atoms with Crippen molar-refractivity contribution in [3.63, 3.8) is 0 Å². The molecule has 0 atom stereocenters. The number of halogens is 1. The van der Waals surface area contributed by atoms with Crippen LogP contribution in [0, 0.1) is 5.82 Å². The molecular formula is C11H12FNO5. The first-order valence-electron chi connectivity index (χ1n) is 5.07. The van der Waals surface area contributed by atoms with Crippen LogP contribution in [0.4, 0.5) is 4.39 Å². The van der Waals surface area contributed by atoms with Crippen molar-refractivity contribution in [2.75, 3.05) is 19.8 Å². The molecule has 0 saturated heterocycles. The summed E-state index contributed by atoms with van der Waals surface area (Å²) in [6.07, 6.45) is 0. The topological polar surface area (TPSA) is 95.9 Å². The van der Waals surface area contributed by atoms with Gasteiger partial charge in [0.25, 0.3) is 5.91 Å². The maximum absolute atomic E-state index is 13.3. The Morgan fingerprint density at radius 3 is 2.72 bits per heavy atom. The van der Waals surface area contributed by atoms with Gasteiger partial charge in [0.1, 0.15) is 18.2 Å². The van der Waals surface area contributed by atoms with Crippen molar-refractivity contribution >= 4 is 11.9 Å². The second-order valence-electron chi connectivity index (χ2n) is 3.37. The monoisotopic (exact) mass is 257 g/mol. The van der Waals surface area contributed by atoms with Gasteiger partial charge in [-0.1, -0.05) is 0 Å². The van der Waals surface area contributed by atoms with E-state index in [1.165, 1.54) is 6.07 Å². The molecule has 98 valence electrons. The largest absolute Gasteiger partial charge is 0.508 e. The van der Waals surface area contributed by atoms with E-state index in [0.717, 1.165) is 12.1 Å². The van der Waals surface area contributed by atoms with E-state index < -0.39 is 24.3 Å². The zero-order valence-electron chi connectivity index (χ0n) is 9.35. The number of phenols is 1. The number of ether oxygens (including phenoxy) is 1. The molecule has 0 radical (unpaired) electrons. The van der Waals surface area contributed by atoms with Crippen molar-refractivity contribution in [1.29, 1.82) is 0 Å². The van der Waals surface area contributed by atoms with Crippen molar-refractivity contribution in [1.82, 2.24) is 5.32 Å². The Morgan fingerprint density at radius 2 is 2.11 bits per heavy atom. The van der Waals surface area contributed by atoms with Gasteiger partial charge in [-0.15, -0.1) is 0 Å². The van der Waals surface area contributed by atoms with Gasteiger partial charge in [0.15, 0.2) is 0 Å². The number of carbonyl (C=O) groups excluding carboxylic acids is 1. The van der Waals surface area contributed by atoms with Crippen molar-refractivity contribution in [2.24, 2.45) is 0 Å². The van der Waals surface area contributed by atoms with Crippen molar-refractivity contribution in [2.45, 2.75) is 0 Å². The van der Waals surface area contributed by atoms with Crippen LogP contribution in [0.3, 0.4) is 0 Å². The second-order valence-corrected chi connectivity index (χ2v) is 3.37. The van der Waals surface area contributed by atoms with Crippen molar-refractivity contribution in [3.05, 3.63) is 29.6 Å². The minimum Gasteiger partial charge on any atom is -0.508 e. The third-order valence-corrected chi connectivity index (χ3v) is 1.95. The minimum absolute atomic E-state index is 0.0116. The summed E-state index contributed by atoms with van der Waals surface area (Å²) in [4.78, 5) is 21.6. The molecule has 1 rings (SSSR count). The molecule has 0 fully saturated rings. The third-order valence-electron chi connectivity index (χ3n) is 1.95. The summed E-state index contributed by atoms with van der Waals surface area (Å²) >= 11 is 0. The maximum Gasteiger partial charge on any atom is 0.329 e. The standard InChI is InChI=1S/C11H12FNO5/c12-9-5-7(14)1-2-8(9)11(17)13-3-4-18-6-10(15)16/h1-2,5,14H,3-4,6H2,(H,13,17)(H,15,16). The molecule has 1 aromatic rings. The number of carboxylic acids is 1. The van der Waals surface area contributed by atoms with Gasteiger partial charge in [-0.25, -0.2) is 9.18 Å². The summed E-state index contributed by atoms with van der Waals surface area (Å²) in [7, 11) is 0. The molecule has 6 nitrogen and oxygen atoms in total. The van der Waals surface area contributed by atoms with E-state index in [1.54, 1.807) is 0 Å². The van der Waals surface area contributed by atoms with Gasteiger partial charge in [-0.2, -0.15) is 0 Å². The Hall–Kier alpha value is -2.15. The van der Waals surface area contributed by atoms with Crippen LogP contribution in [0.25, 0.3) is 0 Å². The molecule has 1 aromatic carbocycles. The first-order chi connectivity index (χ1) is 8.50. The minimum atomic E-state index is -1.11. The summed E-state index contributed by atoms with van der Waals surface area (Å²) < 4.78 is 17.9. The van der Waals surface area contributed by atoms with E-state index >= 15 is 0 Å². The number of hydrogen-bond acceptors (Lipinski definition) is 4. The molecule has 18 heavy (non-hydrogen) atoms. The van der Waals surface area contributed by atoms with Crippen LogP contribution >= 0.6 is 0 Å². The Labute approximate surface area is 102 Å². The van der Waals surface area contributed by atoms with Crippen LogP contribution in [0.5, 0.6) is 5.75 Å². The van der Waals surface area contributed by atoms with Gasteiger partial charge in [0, 0.05) is 12.6 Å². The van der Waals surface area contributed by atoms with Gasteiger partial charge in [-0.05, 0) is 12.1 Å². The number of aliphatic carboxylic acids is 1. The molecule has 1 amide bonds. The summed E-state index contributed by atoms with van der Waals surface area (Å²) in [5, 5.41) is 19.6. The highest BCUT2D eigenvalue weighted by Crippen LogP contribution is 2.14. The van der Waals surface area contributed by atoms with Crippen LogP contribution < -0.4 is 5.32 Å². The van der Waals surface area contributed by atoms with Crippen molar-refractivity contribution < 1.29 is 28.9 Å². The molecule has 0 heterocycles. The van der Waals surface area contributed by atoms with Gasteiger partial charge >= 0.3 is 5.97 Å². The Kier molecular flexibility index (Phi) is 5.06. The number of carbonyl (C=O) groups is 2. The number of aromatic hydroxyl groups is 1. The summed E-state index contributed by atoms with van der Waals surface area (Å²) in [5.74, 6) is -2.87. The number of phenolic OH excluding ortho intramolecular Hbond substituents is 1. The fraction of sp³-hybridized carbons (Fsp3) is 0.273. The molecule has 0 aromatic heterocycles. The molecule has 0 aliphatic heterocycles.